The molecule has 2 heterocycles. The molecule has 1 aliphatic heterocycles. The second-order valence-electron chi connectivity index (χ2n) is 10.1. The molecule has 7 heteroatoms. The third kappa shape index (κ3) is 6.01. The molecular formula is C29H35F3N2O2. The summed E-state index contributed by atoms with van der Waals surface area (Å²) in [6.07, 6.45) is 7.89. The number of rotatable bonds is 10. The second kappa shape index (κ2) is 11.6. The highest BCUT2D eigenvalue weighted by molar-refractivity contribution is 5.84. The van der Waals surface area contributed by atoms with Crippen LogP contribution in [-0.4, -0.2) is 48.3 Å². The minimum atomic E-state index is -1.41. The average Bonchev–Trinajstić information content (AvgIpc) is 2.89. The SMILES string of the molecule is COc1ccc2ncc(C)c(CCCC3(CO)CCN(CCCc4cc(F)c(F)c(F)c4)CC3)c2c1. The number of benzene rings is 2. The molecule has 2 aromatic carbocycles. The monoisotopic (exact) mass is 500 g/mol. The molecule has 1 aliphatic rings. The topological polar surface area (TPSA) is 45.6 Å². The van der Waals surface area contributed by atoms with Crippen molar-refractivity contribution in [2.24, 2.45) is 5.41 Å². The number of fused-ring (bicyclic) bond motifs is 1. The molecule has 4 nitrogen and oxygen atoms in total. The first kappa shape index (κ1) is 26.4. The quantitative estimate of drug-likeness (QED) is 0.347. The minimum Gasteiger partial charge on any atom is -0.497 e. The van der Waals surface area contributed by atoms with Gasteiger partial charge in [-0.1, -0.05) is 0 Å². The van der Waals surface area contributed by atoms with E-state index in [1.54, 1.807) is 7.11 Å². The predicted molar refractivity (Wildman–Crippen MR) is 136 cm³/mol. The number of piperidine rings is 1. The van der Waals surface area contributed by atoms with Crippen molar-refractivity contribution in [3.63, 3.8) is 0 Å². The zero-order chi connectivity index (χ0) is 25.7. The largest absolute Gasteiger partial charge is 0.497 e. The summed E-state index contributed by atoms with van der Waals surface area (Å²) in [5, 5.41) is 11.4. The Labute approximate surface area is 211 Å². The third-order valence-electron chi connectivity index (χ3n) is 7.77. The van der Waals surface area contributed by atoms with Crippen molar-refractivity contribution < 1.29 is 23.0 Å². The number of pyridine rings is 1. The lowest BCUT2D eigenvalue weighted by molar-refractivity contribution is 0.0353. The molecule has 1 aromatic heterocycles. The van der Waals surface area contributed by atoms with Crippen LogP contribution in [0.2, 0.25) is 0 Å². The highest BCUT2D eigenvalue weighted by Crippen LogP contribution is 2.37. The molecule has 0 saturated carbocycles. The maximum atomic E-state index is 13.4. The summed E-state index contributed by atoms with van der Waals surface area (Å²) in [5.74, 6) is -2.86. The first-order valence-corrected chi connectivity index (χ1v) is 12.7. The molecule has 0 unspecified atom stereocenters. The number of halogens is 3. The molecule has 0 amide bonds. The Balaban J connectivity index is 1.29. The minimum absolute atomic E-state index is 0.0753. The summed E-state index contributed by atoms with van der Waals surface area (Å²) in [5.41, 5.74) is 3.83. The fourth-order valence-electron chi connectivity index (χ4n) is 5.42. The Hall–Kier alpha value is -2.64. The van der Waals surface area contributed by atoms with Crippen LogP contribution in [0, 0.1) is 29.8 Å². The van der Waals surface area contributed by atoms with Crippen LogP contribution in [0.5, 0.6) is 5.75 Å². The van der Waals surface area contributed by atoms with E-state index in [2.05, 4.69) is 22.9 Å². The van der Waals surface area contributed by atoms with Gasteiger partial charge in [0.05, 0.1) is 12.6 Å². The van der Waals surface area contributed by atoms with E-state index in [1.165, 1.54) is 11.1 Å². The van der Waals surface area contributed by atoms with Crippen LogP contribution in [0.3, 0.4) is 0 Å². The summed E-state index contributed by atoms with van der Waals surface area (Å²) in [7, 11) is 1.67. The van der Waals surface area contributed by atoms with Crippen LogP contribution in [-0.2, 0) is 12.8 Å². The zero-order valence-corrected chi connectivity index (χ0v) is 21.1. The maximum Gasteiger partial charge on any atom is 0.194 e. The smallest absolute Gasteiger partial charge is 0.194 e. The van der Waals surface area contributed by atoms with Crippen molar-refractivity contribution >= 4 is 10.9 Å². The predicted octanol–water partition coefficient (Wildman–Crippen LogP) is 6.00. The van der Waals surface area contributed by atoms with Crippen LogP contribution in [0.25, 0.3) is 10.9 Å². The molecule has 4 rings (SSSR count). The number of aromatic nitrogens is 1. The lowest BCUT2D eigenvalue weighted by Gasteiger charge is -2.41. The van der Waals surface area contributed by atoms with Crippen LogP contribution < -0.4 is 4.74 Å². The van der Waals surface area contributed by atoms with Gasteiger partial charge in [0.25, 0.3) is 0 Å². The van der Waals surface area contributed by atoms with E-state index in [0.29, 0.717) is 12.0 Å². The van der Waals surface area contributed by atoms with Crippen LogP contribution in [0.15, 0.2) is 36.5 Å². The Morgan fingerprint density at radius 3 is 2.42 bits per heavy atom. The molecule has 1 saturated heterocycles. The number of hydrogen-bond acceptors (Lipinski definition) is 4. The molecule has 0 radical (unpaired) electrons. The molecular weight excluding hydrogens is 465 g/mol. The molecule has 0 spiro atoms. The van der Waals surface area contributed by atoms with Gasteiger partial charge in [-0.2, -0.15) is 0 Å². The fourth-order valence-corrected chi connectivity index (χ4v) is 5.42. The summed E-state index contributed by atoms with van der Waals surface area (Å²) >= 11 is 0. The van der Waals surface area contributed by atoms with Gasteiger partial charge in [0, 0.05) is 18.2 Å². The number of hydrogen-bond donors (Lipinski definition) is 1. The van der Waals surface area contributed by atoms with E-state index in [0.717, 1.165) is 86.9 Å². The normalized spacial score (nSPS) is 15.9. The van der Waals surface area contributed by atoms with E-state index in [4.69, 9.17) is 4.74 Å². The van der Waals surface area contributed by atoms with E-state index >= 15 is 0 Å². The fraction of sp³-hybridized carbons (Fsp3) is 0.483. The van der Waals surface area contributed by atoms with Gasteiger partial charge in [0.1, 0.15) is 5.75 Å². The molecule has 3 aromatic rings. The molecule has 36 heavy (non-hydrogen) atoms. The Bertz CT molecular complexity index is 1170. The number of aliphatic hydroxyl groups excluding tert-OH is 1. The summed E-state index contributed by atoms with van der Waals surface area (Å²) in [6, 6.07) is 8.13. The van der Waals surface area contributed by atoms with Gasteiger partial charge in [-0.25, -0.2) is 13.2 Å². The van der Waals surface area contributed by atoms with Gasteiger partial charge in [0.15, 0.2) is 17.5 Å². The lowest BCUT2D eigenvalue weighted by Crippen LogP contribution is -2.42. The number of aliphatic hydroxyl groups is 1. The zero-order valence-electron chi connectivity index (χ0n) is 21.1. The van der Waals surface area contributed by atoms with Gasteiger partial charge < -0.3 is 14.7 Å². The maximum absolute atomic E-state index is 13.4. The van der Waals surface area contributed by atoms with Gasteiger partial charge in [-0.05, 0) is 124 Å². The van der Waals surface area contributed by atoms with Crippen molar-refractivity contribution in [1.29, 1.82) is 0 Å². The summed E-state index contributed by atoms with van der Waals surface area (Å²) < 4.78 is 45.4. The highest BCUT2D eigenvalue weighted by atomic mass is 19.2. The van der Waals surface area contributed by atoms with Crippen molar-refractivity contribution in [3.05, 3.63) is 70.7 Å². The van der Waals surface area contributed by atoms with Crippen LogP contribution in [0.1, 0.15) is 48.8 Å². The highest BCUT2D eigenvalue weighted by Gasteiger charge is 2.33. The van der Waals surface area contributed by atoms with Crippen molar-refractivity contribution in [3.8, 4) is 5.75 Å². The Morgan fingerprint density at radius 2 is 1.75 bits per heavy atom. The molecule has 194 valence electrons. The second-order valence-corrected chi connectivity index (χ2v) is 10.1. The lowest BCUT2D eigenvalue weighted by atomic mass is 9.75. The standard InChI is InChI=1S/C29H35F3N2O2/c1-20-18-33-27-8-7-22(36-2)17-24(27)23(20)6-3-9-29(19-35)10-13-34(14-11-29)12-4-5-21-15-25(30)28(32)26(31)16-21/h7-8,15-18,35H,3-6,9-14,19H2,1-2H3. The molecule has 1 fully saturated rings. The van der Waals surface area contributed by atoms with Crippen molar-refractivity contribution in [2.45, 2.75) is 51.9 Å². The number of ether oxygens (including phenoxy) is 1. The van der Waals surface area contributed by atoms with Crippen LogP contribution >= 0.6 is 0 Å². The average molecular weight is 501 g/mol. The molecule has 0 bridgehead atoms. The number of aryl methyl sites for hydroxylation is 3. The number of nitrogens with zero attached hydrogens (tertiary/aromatic N) is 2. The van der Waals surface area contributed by atoms with Gasteiger partial charge in [0.2, 0.25) is 0 Å². The van der Waals surface area contributed by atoms with Gasteiger partial charge in [-0.3, -0.25) is 4.98 Å². The van der Waals surface area contributed by atoms with Gasteiger partial charge in [-0.15, -0.1) is 0 Å². The third-order valence-corrected chi connectivity index (χ3v) is 7.77. The first-order valence-electron chi connectivity index (χ1n) is 12.7. The molecule has 0 aliphatic carbocycles. The molecule has 1 N–H and O–H groups in total. The summed E-state index contributed by atoms with van der Waals surface area (Å²) in [6.45, 7) is 4.86. The Morgan fingerprint density at radius 1 is 1.03 bits per heavy atom. The van der Waals surface area contributed by atoms with E-state index in [9.17, 15) is 18.3 Å². The molecule has 0 atom stereocenters. The van der Waals surface area contributed by atoms with Crippen LogP contribution in [0.4, 0.5) is 13.2 Å². The van der Waals surface area contributed by atoms with Gasteiger partial charge >= 0.3 is 0 Å². The van der Waals surface area contributed by atoms with E-state index in [1.807, 2.05) is 18.3 Å². The van der Waals surface area contributed by atoms with E-state index < -0.39 is 17.5 Å². The first-order chi connectivity index (χ1) is 17.3. The van der Waals surface area contributed by atoms with Crippen molar-refractivity contribution in [1.82, 2.24) is 9.88 Å². The van der Waals surface area contributed by atoms with E-state index in [-0.39, 0.29) is 12.0 Å². The number of likely N-dealkylation sites (tertiary alicyclic amines) is 1. The summed E-state index contributed by atoms with van der Waals surface area (Å²) in [4.78, 5) is 6.90. The number of methoxy groups -OCH3 is 1. The van der Waals surface area contributed by atoms with Crippen molar-refractivity contribution in [2.75, 3.05) is 33.4 Å². The Kier molecular flexibility index (Phi) is 8.52.